The number of rotatable bonds is 6. The molecular weight excluding hydrogens is 216 g/mol. The van der Waals surface area contributed by atoms with Crippen molar-refractivity contribution in [3.05, 3.63) is 23.3 Å². The van der Waals surface area contributed by atoms with Crippen LogP contribution < -0.4 is 0 Å². The molecule has 4 nitrogen and oxygen atoms in total. The molecule has 0 aliphatic rings. The third kappa shape index (κ3) is 5.43. The molecule has 0 amide bonds. The first-order chi connectivity index (χ1) is 7.97. The number of aromatic nitrogens is 2. The van der Waals surface area contributed by atoms with Gasteiger partial charge in [-0.25, -0.2) is 9.97 Å². The van der Waals surface area contributed by atoms with Gasteiger partial charge in [0, 0.05) is 24.2 Å². The molecule has 0 aromatic carbocycles. The summed E-state index contributed by atoms with van der Waals surface area (Å²) < 4.78 is 0. The van der Waals surface area contributed by atoms with E-state index in [1.807, 2.05) is 13.0 Å². The lowest BCUT2D eigenvalue weighted by molar-refractivity contribution is -0.137. The maximum Gasteiger partial charge on any atom is 0.303 e. The smallest absolute Gasteiger partial charge is 0.303 e. The molecule has 0 fully saturated rings. The average molecular weight is 236 g/mol. The third-order valence-electron chi connectivity index (χ3n) is 2.36. The van der Waals surface area contributed by atoms with Crippen molar-refractivity contribution in [3.63, 3.8) is 0 Å². The molecule has 0 aliphatic heterocycles. The quantitative estimate of drug-likeness (QED) is 0.823. The average Bonchev–Trinajstić information content (AvgIpc) is 2.14. The minimum absolute atomic E-state index is 0.177. The van der Waals surface area contributed by atoms with Gasteiger partial charge in [0.15, 0.2) is 0 Å². The van der Waals surface area contributed by atoms with Gasteiger partial charge in [0.2, 0.25) is 0 Å². The van der Waals surface area contributed by atoms with E-state index in [4.69, 9.17) is 5.11 Å². The van der Waals surface area contributed by atoms with E-state index < -0.39 is 5.97 Å². The second kappa shape index (κ2) is 6.33. The minimum atomic E-state index is -0.764. The van der Waals surface area contributed by atoms with Gasteiger partial charge in [0.05, 0.1) is 0 Å². The van der Waals surface area contributed by atoms with Gasteiger partial charge in [-0.1, -0.05) is 13.8 Å². The van der Waals surface area contributed by atoms with Crippen LogP contribution in [0.4, 0.5) is 0 Å². The molecule has 1 N–H and O–H groups in total. The monoisotopic (exact) mass is 236 g/mol. The highest BCUT2D eigenvalue weighted by Gasteiger charge is 2.05. The molecule has 4 heteroatoms. The summed E-state index contributed by atoms with van der Waals surface area (Å²) in [5, 5.41) is 8.58. The Morgan fingerprint density at radius 2 is 2.12 bits per heavy atom. The zero-order chi connectivity index (χ0) is 12.8. The molecule has 1 rings (SSSR count). The fraction of sp³-hybridized carbons (Fsp3) is 0.615. The van der Waals surface area contributed by atoms with Gasteiger partial charge in [0.1, 0.15) is 5.82 Å². The lowest BCUT2D eigenvalue weighted by atomic mass is 10.1. The normalized spacial score (nSPS) is 10.8. The third-order valence-corrected chi connectivity index (χ3v) is 2.36. The summed E-state index contributed by atoms with van der Waals surface area (Å²) in [7, 11) is 0. The number of carboxylic acid groups (broad SMARTS) is 1. The lowest BCUT2D eigenvalue weighted by Gasteiger charge is -2.07. The molecule has 0 radical (unpaired) electrons. The van der Waals surface area contributed by atoms with Gasteiger partial charge < -0.3 is 5.11 Å². The summed E-state index contributed by atoms with van der Waals surface area (Å²) in [4.78, 5) is 19.2. The predicted molar refractivity (Wildman–Crippen MR) is 65.9 cm³/mol. The van der Waals surface area contributed by atoms with Crippen LogP contribution in [0.2, 0.25) is 0 Å². The Morgan fingerprint density at radius 1 is 1.41 bits per heavy atom. The maximum absolute atomic E-state index is 10.4. The standard InChI is InChI=1S/C13H20N2O2/c1-9(2)7-11-8-10(3)14-12(15-11)5-4-6-13(16)17/h8-9H,4-7H2,1-3H3,(H,16,17). The van der Waals surface area contributed by atoms with Crippen LogP contribution in [0.15, 0.2) is 6.07 Å². The Kier molecular flexibility index (Phi) is 5.07. The van der Waals surface area contributed by atoms with Crippen LogP contribution in [0, 0.1) is 12.8 Å². The summed E-state index contributed by atoms with van der Waals surface area (Å²) >= 11 is 0. The number of aryl methyl sites for hydroxylation is 2. The van der Waals surface area contributed by atoms with Crippen LogP contribution >= 0.6 is 0 Å². The number of carbonyl (C=O) groups is 1. The van der Waals surface area contributed by atoms with Gasteiger partial charge >= 0.3 is 5.97 Å². The topological polar surface area (TPSA) is 63.1 Å². The Balaban J connectivity index is 2.65. The maximum atomic E-state index is 10.4. The summed E-state index contributed by atoms with van der Waals surface area (Å²) in [5.74, 6) is 0.568. The number of carboxylic acids is 1. The van der Waals surface area contributed by atoms with Crippen LogP contribution in [-0.2, 0) is 17.6 Å². The first-order valence-electron chi connectivity index (χ1n) is 6.02. The van der Waals surface area contributed by atoms with Crippen molar-refractivity contribution in [1.29, 1.82) is 0 Å². The van der Waals surface area contributed by atoms with Crippen molar-refractivity contribution < 1.29 is 9.90 Å². The Hall–Kier alpha value is -1.45. The van der Waals surface area contributed by atoms with Crippen molar-refractivity contribution in [2.45, 2.75) is 46.5 Å². The van der Waals surface area contributed by atoms with Crippen LogP contribution in [0.25, 0.3) is 0 Å². The molecule has 0 bridgehead atoms. The summed E-state index contributed by atoms with van der Waals surface area (Å²) in [6.45, 7) is 6.26. The molecule has 17 heavy (non-hydrogen) atoms. The van der Waals surface area contributed by atoms with Crippen molar-refractivity contribution in [2.75, 3.05) is 0 Å². The minimum Gasteiger partial charge on any atom is -0.481 e. The van der Waals surface area contributed by atoms with E-state index in [9.17, 15) is 4.79 Å². The largest absolute Gasteiger partial charge is 0.481 e. The molecule has 0 unspecified atom stereocenters. The molecule has 0 aliphatic carbocycles. The molecule has 0 spiro atoms. The zero-order valence-electron chi connectivity index (χ0n) is 10.7. The van der Waals surface area contributed by atoms with Crippen LogP contribution in [0.5, 0.6) is 0 Å². The molecule has 1 aromatic rings. The first kappa shape index (κ1) is 13.6. The van der Waals surface area contributed by atoms with Gasteiger partial charge in [-0.15, -0.1) is 0 Å². The van der Waals surface area contributed by atoms with Gasteiger partial charge in [-0.3, -0.25) is 4.79 Å². The number of nitrogens with zero attached hydrogens (tertiary/aromatic N) is 2. The molecule has 0 saturated heterocycles. The van der Waals surface area contributed by atoms with E-state index in [2.05, 4.69) is 23.8 Å². The second-order valence-electron chi connectivity index (χ2n) is 4.76. The second-order valence-corrected chi connectivity index (χ2v) is 4.76. The molecule has 1 heterocycles. The SMILES string of the molecule is Cc1cc(CC(C)C)nc(CCCC(=O)O)n1. The predicted octanol–water partition coefficient (Wildman–Crippen LogP) is 2.39. The fourth-order valence-corrected chi connectivity index (χ4v) is 1.73. The van der Waals surface area contributed by atoms with Gasteiger partial charge in [-0.2, -0.15) is 0 Å². The van der Waals surface area contributed by atoms with Crippen molar-refractivity contribution >= 4 is 5.97 Å². The highest BCUT2D eigenvalue weighted by Crippen LogP contribution is 2.09. The van der Waals surface area contributed by atoms with E-state index in [0.717, 1.165) is 23.6 Å². The van der Waals surface area contributed by atoms with E-state index in [1.165, 1.54) is 0 Å². The summed E-state index contributed by atoms with van der Waals surface area (Å²) in [6, 6.07) is 2.00. The van der Waals surface area contributed by atoms with Crippen LogP contribution in [0.3, 0.4) is 0 Å². The van der Waals surface area contributed by atoms with Gasteiger partial charge in [-0.05, 0) is 31.7 Å². The molecule has 0 saturated carbocycles. The Morgan fingerprint density at radius 3 is 2.71 bits per heavy atom. The van der Waals surface area contributed by atoms with Crippen LogP contribution in [0.1, 0.15) is 43.9 Å². The van der Waals surface area contributed by atoms with Crippen molar-refractivity contribution in [1.82, 2.24) is 9.97 Å². The fourth-order valence-electron chi connectivity index (χ4n) is 1.73. The lowest BCUT2D eigenvalue weighted by Crippen LogP contribution is -2.05. The molecular formula is C13H20N2O2. The van der Waals surface area contributed by atoms with E-state index in [-0.39, 0.29) is 6.42 Å². The van der Waals surface area contributed by atoms with Crippen molar-refractivity contribution in [2.24, 2.45) is 5.92 Å². The molecule has 94 valence electrons. The summed E-state index contributed by atoms with van der Waals surface area (Å²) in [6.07, 6.45) is 2.35. The number of hydrogen-bond acceptors (Lipinski definition) is 3. The number of hydrogen-bond donors (Lipinski definition) is 1. The molecule has 1 aromatic heterocycles. The highest BCUT2D eigenvalue weighted by molar-refractivity contribution is 5.66. The van der Waals surface area contributed by atoms with Crippen LogP contribution in [-0.4, -0.2) is 21.0 Å². The number of aliphatic carboxylic acids is 1. The zero-order valence-corrected chi connectivity index (χ0v) is 10.7. The highest BCUT2D eigenvalue weighted by atomic mass is 16.4. The van der Waals surface area contributed by atoms with E-state index in [0.29, 0.717) is 18.8 Å². The summed E-state index contributed by atoms with van der Waals surface area (Å²) in [5.41, 5.74) is 2.01. The Bertz CT molecular complexity index is 389. The first-order valence-corrected chi connectivity index (χ1v) is 6.02. The Labute approximate surface area is 102 Å². The molecule has 0 atom stereocenters. The van der Waals surface area contributed by atoms with Crippen molar-refractivity contribution in [3.8, 4) is 0 Å². The van der Waals surface area contributed by atoms with Gasteiger partial charge in [0.25, 0.3) is 0 Å². The van der Waals surface area contributed by atoms with E-state index >= 15 is 0 Å². The van der Waals surface area contributed by atoms with E-state index in [1.54, 1.807) is 0 Å².